The highest BCUT2D eigenvalue weighted by Gasteiger charge is 2.39. The van der Waals surface area contributed by atoms with Gasteiger partial charge in [0.05, 0.1) is 6.54 Å². The van der Waals surface area contributed by atoms with Crippen LogP contribution in [0.4, 0.5) is 5.69 Å². The number of azide groups is 1. The van der Waals surface area contributed by atoms with E-state index in [9.17, 15) is 19.2 Å². The van der Waals surface area contributed by atoms with Crippen molar-refractivity contribution < 1.29 is 23.9 Å². The average Bonchev–Trinajstić information content (AvgIpc) is 3.17. The molecule has 188 valence electrons. The van der Waals surface area contributed by atoms with Crippen molar-refractivity contribution in [1.82, 2.24) is 15.5 Å². The number of nitrogens with zero attached hydrogens (tertiary/aromatic N) is 4. The van der Waals surface area contributed by atoms with Crippen LogP contribution in [0.1, 0.15) is 54.4 Å². The second kappa shape index (κ2) is 13.4. The highest BCUT2D eigenvalue weighted by atomic mass is 16.5. The van der Waals surface area contributed by atoms with E-state index in [2.05, 4.69) is 26.0 Å². The molecule has 2 aliphatic heterocycles. The summed E-state index contributed by atoms with van der Waals surface area (Å²) in [5.74, 6) is -1.29. The van der Waals surface area contributed by atoms with E-state index >= 15 is 0 Å². The number of benzene rings is 1. The Morgan fingerprint density at radius 3 is 2.77 bits per heavy atom. The number of unbranched alkanes of at least 4 members (excludes halogenated alkanes) is 2. The van der Waals surface area contributed by atoms with Gasteiger partial charge < -0.3 is 20.3 Å². The molecule has 0 bridgehead atoms. The molecule has 12 heteroatoms. The number of anilines is 1. The second-order valence-corrected chi connectivity index (χ2v) is 8.44. The molecule has 0 radical (unpaired) electrons. The Morgan fingerprint density at radius 2 is 2.00 bits per heavy atom. The van der Waals surface area contributed by atoms with Crippen LogP contribution in [0.3, 0.4) is 0 Å². The third-order valence-electron chi connectivity index (χ3n) is 5.89. The summed E-state index contributed by atoms with van der Waals surface area (Å²) >= 11 is 0. The minimum Gasteiger partial charge on any atom is -0.381 e. The number of rotatable bonds is 14. The number of carbonyl (C=O) groups excluding carboxylic acids is 4. The molecule has 0 aromatic heterocycles. The van der Waals surface area contributed by atoms with Crippen molar-refractivity contribution in [1.29, 1.82) is 0 Å². The van der Waals surface area contributed by atoms with Crippen molar-refractivity contribution in [2.24, 2.45) is 5.11 Å². The first-order valence-electron chi connectivity index (χ1n) is 11.9. The molecule has 1 fully saturated rings. The van der Waals surface area contributed by atoms with Crippen molar-refractivity contribution in [2.45, 2.75) is 51.1 Å². The molecule has 0 saturated carbocycles. The number of ether oxygens (including phenoxy) is 1. The fourth-order valence-corrected chi connectivity index (χ4v) is 4.09. The van der Waals surface area contributed by atoms with E-state index in [0.29, 0.717) is 49.5 Å². The topological polar surface area (TPSA) is 166 Å². The fourth-order valence-electron chi connectivity index (χ4n) is 4.09. The number of hydrogen-bond acceptors (Lipinski definition) is 7. The lowest BCUT2D eigenvalue weighted by Crippen LogP contribution is -2.52. The van der Waals surface area contributed by atoms with Gasteiger partial charge in [-0.05, 0) is 56.3 Å². The molecule has 1 atom stereocenters. The Hall–Kier alpha value is -3.47. The van der Waals surface area contributed by atoms with Gasteiger partial charge in [0.1, 0.15) is 6.04 Å². The predicted octanol–water partition coefficient (Wildman–Crippen LogP) is 1.86. The maximum atomic E-state index is 12.9. The standard InChI is InChI=1S/C23H31N7O5/c24-29-26-11-2-4-13-35-12-3-1-10-25-14-21(32)27-18-7-5-6-16-17(18)15-30(23(16)34)19-8-9-20(31)28-22(19)33/h5-7,19,25H,1-4,8-15H2,(H,27,32)(H,28,31,33). The highest BCUT2D eigenvalue weighted by Crippen LogP contribution is 2.32. The van der Waals surface area contributed by atoms with Crippen molar-refractivity contribution >= 4 is 29.3 Å². The van der Waals surface area contributed by atoms with Gasteiger partial charge in [0.2, 0.25) is 17.7 Å². The van der Waals surface area contributed by atoms with Crippen LogP contribution in [0.25, 0.3) is 10.4 Å². The maximum Gasteiger partial charge on any atom is 0.255 e. The van der Waals surface area contributed by atoms with E-state index in [1.54, 1.807) is 18.2 Å². The lowest BCUT2D eigenvalue weighted by molar-refractivity contribution is -0.137. The van der Waals surface area contributed by atoms with Gasteiger partial charge in [0.25, 0.3) is 5.91 Å². The number of carbonyl (C=O) groups is 4. The molecular formula is C23H31N7O5. The summed E-state index contributed by atoms with van der Waals surface area (Å²) in [5.41, 5.74) is 9.87. The van der Waals surface area contributed by atoms with Crippen LogP contribution in [0, 0.1) is 0 Å². The third-order valence-corrected chi connectivity index (χ3v) is 5.89. The molecule has 35 heavy (non-hydrogen) atoms. The largest absolute Gasteiger partial charge is 0.381 e. The molecule has 4 amide bonds. The molecule has 0 aliphatic carbocycles. The van der Waals surface area contributed by atoms with Gasteiger partial charge in [-0.15, -0.1) is 0 Å². The van der Waals surface area contributed by atoms with Crippen LogP contribution in [0.5, 0.6) is 0 Å². The summed E-state index contributed by atoms with van der Waals surface area (Å²) in [4.78, 5) is 53.1. The normalized spacial score (nSPS) is 17.1. The number of hydrogen-bond donors (Lipinski definition) is 3. The Balaban J connectivity index is 1.36. The summed E-state index contributed by atoms with van der Waals surface area (Å²) < 4.78 is 5.52. The Bertz CT molecular complexity index is 992. The molecule has 2 aliphatic rings. The van der Waals surface area contributed by atoms with Crippen molar-refractivity contribution in [2.75, 3.05) is 38.2 Å². The van der Waals surface area contributed by atoms with Crippen molar-refractivity contribution in [3.05, 3.63) is 39.8 Å². The monoisotopic (exact) mass is 485 g/mol. The van der Waals surface area contributed by atoms with Crippen LogP contribution >= 0.6 is 0 Å². The summed E-state index contributed by atoms with van der Waals surface area (Å²) in [6.07, 6.45) is 3.89. The van der Waals surface area contributed by atoms with Gasteiger partial charge in [-0.2, -0.15) is 0 Å². The van der Waals surface area contributed by atoms with Crippen LogP contribution in [0.15, 0.2) is 23.3 Å². The zero-order valence-corrected chi connectivity index (χ0v) is 19.6. The van der Waals surface area contributed by atoms with Crippen LogP contribution in [-0.2, 0) is 25.7 Å². The zero-order valence-electron chi connectivity index (χ0n) is 19.6. The van der Waals surface area contributed by atoms with Gasteiger partial charge in [0.15, 0.2) is 0 Å². The first-order valence-corrected chi connectivity index (χ1v) is 11.9. The van der Waals surface area contributed by atoms with Gasteiger partial charge in [-0.1, -0.05) is 11.2 Å². The molecular weight excluding hydrogens is 454 g/mol. The van der Waals surface area contributed by atoms with Gasteiger partial charge in [-0.3, -0.25) is 24.5 Å². The Labute approximate surface area is 203 Å². The second-order valence-electron chi connectivity index (χ2n) is 8.44. The minimum absolute atomic E-state index is 0.134. The average molecular weight is 486 g/mol. The van der Waals surface area contributed by atoms with E-state index in [1.807, 2.05) is 0 Å². The molecule has 3 rings (SSSR count). The van der Waals surface area contributed by atoms with E-state index in [4.69, 9.17) is 10.3 Å². The summed E-state index contributed by atoms with van der Waals surface area (Å²) in [6.45, 7) is 2.78. The van der Waals surface area contributed by atoms with E-state index < -0.39 is 11.9 Å². The fraction of sp³-hybridized carbons (Fsp3) is 0.565. The van der Waals surface area contributed by atoms with Crippen LogP contribution < -0.4 is 16.0 Å². The first-order chi connectivity index (χ1) is 17.0. The molecule has 1 saturated heterocycles. The predicted molar refractivity (Wildman–Crippen MR) is 127 cm³/mol. The maximum absolute atomic E-state index is 12.9. The minimum atomic E-state index is -0.695. The van der Waals surface area contributed by atoms with Crippen LogP contribution in [-0.4, -0.2) is 67.4 Å². The van der Waals surface area contributed by atoms with Gasteiger partial charge >= 0.3 is 0 Å². The van der Waals surface area contributed by atoms with Gasteiger partial charge in [0, 0.05) is 54.5 Å². The first kappa shape index (κ1) is 26.1. The molecule has 1 aromatic carbocycles. The highest BCUT2D eigenvalue weighted by molar-refractivity contribution is 6.06. The molecule has 2 heterocycles. The molecule has 1 unspecified atom stereocenters. The molecule has 0 spiro atoms. The lowest BCUT2D eigenvalue weighted by Gasteiger charge is -2.29. The zero-order chi connectivity index (χ0) is 25.0. The SMILES string of the molecule is [N-]=[N+]=NCCCCOCCCCNCC(=O)Nc1cccc2c1CN(C1CCC(=O)NC1=O)C2=O. The van der Waals surface area contributed by atoms with E-state index in [0.717, 1.165) is 25.7 Å². The van der Waals surface area contributed by atoms with E-state index in [1.165, 1.54) is 4.90 Å². The van der Waals surface area contributed by atoms with Crippen LogP contribution in [0.2, 0.25) is 0 Å². The summed E-state index contributed by atoms with van der Waals surface area (Å²) in [7, 11) is 0. The van der Waals surface area contributed by atoms with E-state index in [-0.39, 0.29) is 37.2 Å². The van der Waals surface area contributed by atoms with Crippen molar-refractivity contribution in [3.8, 4) is 0 Å². The number of nitrogens with one attached hydrogen (secondary N) is 3. The molecule has 1 aromatic rings. The van der Waals surface area contributed by atoms with Crippen molar-refractivity contribution in [3.63, 3.8) is 0 Å². The quantitative estimate of drug-likeness (QED) is 0.120. The summed E-state index contributed by atoms with van der Waals surface area (Å²) in [6, 6.07) is 4.42. The Kier molecular flexibility index (Phi) is 10.0. The smallest absolute Gasteiger partial charge is 0.255 e. The molecule has 3 N–H and O–H groups in total. The summed E-state index contributed by atoms with van der Waals surface area (Å²) in [5, 5.41) is 11.7. The Morgan fingerprint density at radius 1 is 1.20 bits per heavy atom. The number of fused-ring (bicyclic) bond motifs is 1. The third kappa shape index (κ3) is 7.51. The molecule has 12 nitrogen and oxygen atoms in total. The number of piperidine rings is 1. The van der Waals surface area contributed by atoms with Gasteiger partial charge in [-0.25, -0.2) is 0 Å². The number of amides is 4. The lowest BCUT2D eigenvalue weighted by atomic mass is 10.0. The number of imide groups is 1.